The second-order valence-electron chi connectivity index (χ2n) is 4.94. The summed E-state index contributed by atoms with van der Waals surface area (Å²) in [4.78, 5) is 25.9. The van der Waals surface area contributed by atoms with E-state index in [0.29, 0.717) is 12.2 Å². The molecule has 0 N–H and O–H groups in total. The van der Waals surface area contributed by atoms with Crippen molar-refractivity contribution in [2.75, 3.05) is 11.4 Å². The maximum atomic E-state index is 12.4. The Kier molecular flexibility index (Phi) is 2.14. The Morgan fingerprint density at radius 3 is 2.83 bits per heavy atom. The van der Waals surface area contributed by atoms with Gasteiger partial charge in [0.1, 0.15) is 0 Å². The molecular weight excluding hydrogens is 230 g/mol. The molecule has 2 aliphatic heterocycles. The average Bonchev–Trinajstić information content (AvgIpc) is 2.79. The summed E-state index contributed by atoms with van der Waals surface area (Å²) in [7, 11) is 0. The summed E-state index contributed by atoms with van der Waals surface area (Å²) in [6, 6.07) is 7.36. The highest BCUT2D eigenvalue weighted by Crippen LogP contribution is 2.40. The Balaban J connectivity index is 2.07. The molecule has 92 valence electrons. The van der Waals surface area contributed by atoms with E-state index >= 15 is 0 Å². The van der Waals surface area contributed by atoms with Crippen LogP contribution in [0.2, 0.25) is 0 Å². The second kappa shape index (κ2) is 3.48. The standard InChI is InChI=1S/C13H13N3O2/c1-8-4-3-5-9(6-8)16-11(17)10-7-14-15-13(10,2)12(16)18/h3-6,10H,7H2,1-2H3/t10-,13+/m0/s1. The molecule has 2 aliphatic rings. The van der Waals surface area contributed by atoms with Crippen LogP contribution in [0.5, 0.6) is 0 Å². The smallest absolute Gasteiger partial charge is 0.264 e. The topological polar surface area (TPSA) is 62.1 Å². The van der Waals surface area contributed by atoms with E-state index in [9.17, 15) is 9.59 Å². The minimum atomic E-state index is -0.999. The maximum absolute atomic E-state index is 12.4. The molecule has 3 rings (SSSR count). The number of hydrogen-bond donors (Lipinski definition) is 0. The summed E-state index contributed by atoms with van der Waals surface area (Å²) in [5.74, 6) is -0.909. The summed E-state index contributed by atoms with van der Waals surface area (Å²) in [6.45, 7) is 3.92. The van der Waals surface area contributed by atoms with E-state index in [1.807, 2.05) is 25.1 Å². The Morgan fingerprint density at radius 2 is 2.17 bits per heavy atom. The van der Waals surface area contributed by atoms with Gasteiger partial charge in [-0.05, 0) is 31.5 Å². The molecule has 0 unspecified atom stereocenters. The van der Waals surface area contributed by atoms with Crippen molar-refractivity contribution in [2.45, 2.75) is 19.4 Å². The lowest BCUT2D eigenvalue weighted by Gasteiger charge is -2.17. The summed E-state index contributed by atoms with van der Waals surface area (Å²) in [5, 5.41) is 7.82. The van der Waals surface area contributed by atoms with Crippen LogP contribution < -0.4 is 4.90 Å². The van der Waals surface area contributed by atoms with Crippen LogP contribution in [-0.4, -0.2) is 23.9 Å². The zero-order chi connectivity index (χ0) is 12.9. The first-order valence-electron chi connectivity index (χ1n) is 5.88. The van der Waals surface area contributed by atoms with Crippen LogP contribution >= 0.6 is 0 Å². The minimum Gasteiger partial charge on any atom is -0.274 e. The van der Waals surface area contributed by atoms with Crippen LogP contribution in [0, 0.1) is 12.8 Å². The number of imide groups is 1. The van der Waals surface area contributed by atoms with Crippen molar-refractivity contribution in [1.82, 2.24) is 0 Å². The number of hydrogen-bond acceptors (Lipinski definition) is 4. The van der Waals surface area contributed by atoms with E-state index in [-0.39, 0.29) is 11.8 Å². The van der Waals surface area contributed by atoms with Crippen molar-refractivity contribution >= 4 is 17.5 Å². The number of fused-ring (bicyclic) bond motifs is 1. The summed E-state index contributed by atoms with van der Waals surface area (Å²) < 4.78 is 0. The molecule has 18 heavy (non-hydrogen) atoms. The second-order valence-corrected chi connectivity index (χ2v) is 4.94. The number of carbonyl (C=O) groups is 2. The molecule has 1 fully saturated rings. The predicted octanol–water partition coefficient (Wildman–Crippen LogP) is 1.71. The molecule has 1 aromatic carbocycles. The average molecular weight is 243 g/mol. The highest BCUT2D eigenvalue weighted by molar-refractivity contribution is 6.25. The SMILES string of the molecule is Cc1cccc(N2C(=O)[C@@H]3CN=N[C@@]3(C)C2=O)c1. The van der Waals surface area contributed by atoms with Crippen molar-refractivity contribution in [3.63, 3.8) is 0 Å². The van der Waals surface area contributed by atoms with Gasteiger partial charge in [0.2, 0.25) is 5.91 Å². The molecule has 0 aromatic heterocycles. The lowest BCUT2D eigenvalue weighted by Crippen LogP contribution is -2.37. The quantitative estimate of drug-likeness (QED) is 0.705. The molecule has 1 saturated heterocycles. The fraction of sp³-hybridized carbons (Fsp3) is 0.385. The van der Waals surface area contributed by atoms with Gasteiger partial charge in [-0.1, -0.05) is 12.1 Å². The van der Waals surface area contributed by atoms with Gasteiger partial charge in [-0.15, -0.1) is 0 Å². The molecule has 0 radical (unpaired) electrons. The van der Waals surface area contributed by atoms with Crippen molar-refractivity contribution in [2.24, 2.45) is 16.1 Å². The van der Waals surface area contributed by atoms with E-state index in [1.165, 1.54) is 4.90 Å². The zero-order valence-corrected chi connectivity index (χ0v) is 10.3. The molecule has 2 atom stereocenters. The number of rotatable bonds is 1. The van der Waals surface area contributed by atoms with Gasteiger partial charge in [0, 0.05) is 0 Å². The van der Waals surface area contributed by atoms with Gasteiger partial charge in [-0.2, -0.15) is 10.2 Å². The molecular formula is C13H13N3O2. The number of amides is 2. The Labute approximate surface area is 105 Å². The number of nitrogens with zero attached hydrogens (tertiary/aromatic N) is 3. The highest BCUT2D eigenvalue weighted by Gasteiger charge is 2.59. The fourth-order valence-electron chi connectivity index (χ4n) is 2.52. The Hall–Kier alpha value is -2.04. The van der Waals surface area contributed by atoms with Crippen molar-refractivity contribution < 1.29 is 9.59 Å². The summed E-state index contributed by atoms with van der Waals surface area (Å²) >= 11 is 0. The van der Waals surface area contributed by atoms with Gasteiger partial charge in [-0.3, -0.25) is 9.59 Å². The van der Waals surface area contributed by atoms with Crippen LogP contribution in [0.1, 0.15) is 12.5 Å². The summed E-state index contributed by atoms with van der Waals surface area (Å²) in [6.07, 6.45) is 0. The lowest BCUT2D eigenvalue weighted by molar-refractivity contribution is -0.122. The largest absolute Gasteiger partial charge is 0.274 e. The Bertz CT molecular complexity index is 581. The van der Waals surface area contributed by atoms with Gasteiger partial charge in [-0.25, -0.2) is 4.90 Å². The molecule has 5 heteroatoms. The van der Waals surface area contributed by atoms with E-state index in [4.69, 9.17) is 0 Å². The number of aryl methyl sites for hydroxylation is 1. The Morgan fingerprint density at radius 1 is 1.39 bits per heavy atom. The van der Waals surface area contributed by atoms with Crippen LogP contribution in [0.3, 0.4) is 0 Å². The summed E-state index contributed by atoms with van der Waals surface area (Å²) in [5.41, 5.74) is 0.633. The van der Waals surface area contributed by atoms with E-state index in [1.54, 1.807) is 13.0 Å². The normalized spacial score (nSPS) is 30.1. The molecule has 0 saturated carbocycles. The predicted molar refractivity (Wildman–Crippen MR) is 65.3 cm³/mol. The first-order chi connectivity index (χ1) is 8.54. The number of anilines is 1. The van der Waals surface area contributed by atoms with Crippen LogP contribution in [0.15, 0.2) is 34.5 Å². The highest BCUT2D eigenvalue weighted by atomic mass is 16.2. The van der Waals surface area contributed by atoms with E-state index in [2.05, 4.69) is 10.2 Å². The van der Waals surface area contributed by atoms with Crippen molar-refractivity contribution in [3.8, 4) is 0 Å². The molecule has 2 heterocycles. The minimum absolute atomic E-state index is 0.196. The monoisotopic (exact) mass is 243 g/mol. The van der Waals surface area contributed by atoms with Crippen LogP contribution in [0.4, 0.5) is 5.69 Å². The first-order valence-corrected chi connectivity index (χ1v) is 5.88. The number of carbonyl (C=O) groups excluding carboxylic acids is 2. The molecule has 5 nitrogen and oxygen atoms in total. The van der Waals surface area contributed by atoms with Crippen molar-refractivity contribution in [1.29, 1.82) is 0 Å². The number of azo groups is 1. The lowest BCUT2D eigenvalue weighted by atomic mass is 9.90. The first kappa shape index (κ1) is 11.1. The van der Waals surface area contributed by atoms with Gasteiger partial charge in [0.25, 0.3) is 5.91 Å². The third-order valence-corrected chi connectivity index (χ3v) is 3.64. The molecule has 0 spiro atoms. The van der Waals surface area contributed by atoms with Crippen LogP contribution in [-0.2, 0) is 9.59 Å². The van der Waals surface area contributed by atoms with Gasteiger partial charge < -0.3 is 0 Å². The van der Waals surface area contributed by atoms with Gasteiger partial charge in [0.15, 0.2) is 5.54 Å². The third-order valence-electron chi connectivity index (χ3n) is 3.64. The maximum Gasteiger partial charge on any atom is 0.264 e. The fourth-order valence-corrected chi connectivity index (χ4v) is 2.52. The molecule has 1 aromatic rings. The molecule has 2 amide bonds. The zero-order valence-electron chi connectivity index (χ0n) is 10.3. The number of benzene rings is 1. The molecule has 0 bridgehead atoms. The molecule has 0 aliphatic carbocycles. The van der Waals surface area contributed by atoms with E-state index < -0.39 is 11.5 Å². The van der Waals surface area contributed by atoms with Gasteiger partial charge >= 0.3 is 0 Å². The van der Waals surface area contributed by atoms with Crippen molar-refractivity contribution in [3.05, 3.63) is 29.8 Å². The van der Waals surface area contributed by atoms with E-state index in [0.717, 1.165) is 5.56 Å². The third kappa shape index (κ3) is 1.27. The van der Waals surface area contributed by atoms with Gasteiger partial charge in [0.05, 0.1) is 18.2 Å². The van der Waals surface area contributed by atoms with Crippen LogP contribution in [0.25, 0.3) is 0 Å².